The normalized spacial score (nSPS) is 9.71. The van der Waals surface area contributed by atoms with Crippen molar-refractivity contribution in [1.82, 2.24) is 4.98 Å². The quantitative estimate of drug-likeness (QED) is 0.865. The summed E-state index contributed by atoms with van der Waals surface area (Å²) in [7, 11) is 0. The zero-order valence-electron chi connectivity index (χ0n) is 11.4. The summed E-state index contributed by atoms with van der Waals surface area (Å²) in [6.45, 7) is 1.95. The monoisotopic (exact) mass is 283 g/mol. The zero-order valence-corrected chi connectivity index (χ0v) is 11.4. The van der Waals surface area contributed by atoms with E-state index < -0.39 is 5.97 Å². The predicted octanol–water partition coefficient (Wildman–Crippen LogP) is 2.50. The van der Waals surface area contributed by atoms with Crippen LogP contribution in [-0.2, 0) is 4.74 Å². The number of hydrogen-bond donors (Lipinski definition) is 1. The first-order chi connectivity index (χ1) is 10.2. The summed E-state index contributed by atoms with van der Waals surface area (Å²) in [6, 6.07) is 10.1. The van der Waals surface area contributed by atoms with Crippen molar-refractivity contribution in [1.29, 1.82) is 5.26 Å². The molecule has 21 heavy (non-hydrogen) atoms. The number of nitrogens with two attached hydrogens (primary N) is 1. The fourth-order valence-corrected chi connectivity index (χ4v) is 1.67. The van der Waals surface area contributed by atoms with Crippen molar-refractivity contribution in [2.75, 3.05) is 12.3 Å². The van der Waals surface area contributed by atoms with E-state index in [0.717, 1.165) is 0 Å². The Labute approximate surface area is 121 Å². The highest BCUT2D eigenvalue weighted by Gasteiger charge is 2.16. The third-order valence-electron chi connectivity index (χ3n) is 2.66. The van der Waals surface area contributed by atoms with Crippen LogP contribution in [0.1, 0.15) is 22.8 Å². The maximum atomic E-state index is 11.8. The van der Waals surface area contributed by atoms with E-state index in [9.17, 15) is 4.79 Å². The number of pyridine rings is 1. The Hall–Kier alpha value is -3.07. The number of para-hydroxylation sites is 1. The van der Waals surface area contributed by atoms with Crippen molar-refractivity contribution in [3.63, 3.8) is 0 Å². The molecule has 2 rings (SSSR count). The van der Waals surface area contributed by atoms with Gasteiger partial charge >= 0.3 is 5.97 Å². The number of esters is 1. The van der Waals surface area contributed by atoms with Crippen LogP contribution in [0.25, 0.3) is 0 Å². The van der Waals surface area contributed by atoms with Gasteiger partial charge in [-0.3, -0.25) is 0 Å². The number of rotatable bonds is 4. The molecule has 6 heteroatoms. The molecule has 0 bridgehead atoms. The Morgan fingerprint density at radius 3 is 2.86 bits per heavy atom. The van der Waals surface area contributed by atoms with E-state index in [1.807, 2.05) is 6.07 Å². The minimum atomic E-state index is -0.546. The summed E-state index contributed by atoms with van der Waals surface area (Å²) in [5.74, 6) is -0.167. The van der Waals surface area contributed by atoms with Crippen molar-refractivity contribution < 1.29 is 14.3 Å². The molecule has 0 saturated heterocycles. The predicted molar refractivity (Wildman–Crippen MR) is 75.8 cm³/mol. The van der Waals surface area contributed by atoms with Crippen LogP contribution in [0, 0.1) is 11.3 Å². The van der Waals surface area contributed by atoms with Gasteiger partial charge in [-0.25, -0.2) is 9.78 Å². The molecule has 1 aromatic carbocycles. The number of aromatic nitrogens is 1. The van der Waals surface area contributed by atoms with Crippen LogP contribution in [-0.4, -0.2) is 17.6 Å². The van der Waals surface area contributed by atoms with E-state index in [0.29, 0.717) is 11.3 Å². The van der Waals surface area contributed by atoms with Gasteiger partial charge in [0, 0.05) is 6.20 Å². The van der Waals surface area contributed by atoms with Crippen LogP contribution < -0.4 is 10.5 Å². The molecule has 0 atom stereocenters. The first kappa shape index (κ1) is 14.3. The van der Waals surface area contributed by atoms with Gasteiger partial charge < -0.3 is 15.2 Å². The summed E-state index contributed by atoms with van der Waals surface area (Å²) in [5, 5.41) is 9.02. The Morgan fingerprint density at radius 1 is 1.38 bits per heavy atom. The summed E-state index contributed by atoms with van der Waals surface area (Å²) in [6.07, 6.45) is 1.40. The van der Waals surface area contributed by atoms with Crippen LogP contribution in [0.4, 0.5) is 5.69 Å². The molecule has 0 amide bonds. The number of nitrogens with zero attached hydrogens (tertiary/aromatic N) is 2. The number of hydrogen-bond acceptors (Lipinski definition) is 6. The van der Waals surface area contributed by atoms with Crippen LogP contribution in [0.3, 0.4) is 0 Å². The van der Waals surface area contributed by atoms with E-state index >= 15 is 0 Å². The third kappa shape index (κ3) is 3.09. The third-order valence-corrected chi connectivity index (χ3v) is 2.66. The molecular formula is C15H13N3O3. The lowest BCUT2D eigenvalue weighted by Crippen LogP contribution is -2.09. The molecule has 0 unspecified atom stereocenters. The highest BCUT2D eigenvalue weighted by atomic mass is 16.5. The van der Waals surface area contributed by atoms with Gasteiger partial charge in [0.2, 0.25) is 5.88 Å². The topological polar surface area (TPSA) is 98.2 Å². The number of carbonyl (C=O) groups is 1. The molecule has 0 aliphatic rings. The first-order valence-corrected chi connectivity index (χ1v) is 6.26. The van der Waals surface area contributed by atoms with Gasteiger partial charge in [-0.15, -0.1) is 0 Å². The zero-order chi connectivity index (χ0) is 15.2. The molecular weight excluding hydrogens is 270 g/mol. The Morgan fingerprint density at radius 2 is 2.14 bits per heavy atom. The molecule has 0 aliphatic heterocycles. The van der Waals surface area contributed by atoms with Gasteiger partial charge in [0.15, 0.2) is 0 Å². The number of nitriles is 1. The molecule has 0 radical (unpaired) electrons. The molecule has 1 aromatic heterocycles. The van der Waals surface area contributed by atoms with Crippen LogP contribution >= 0.6 is 0 Å². The van der Waals surface area contributed by atoms with E-state index in [1.54, 1.807) is 31.2 Å². The minimum Gasteiger partial charge on any atom is -0.462 e. The molecule has 6 nitrogen and oxygen atoms in total. The molecule has 2 aromatic rings. The Kier molecular flexibility index (Phi) is 4.36. The summed E-state index contributed by atoms with van der Waals surface area (Å²) in [4.78, 5) is 15.7. The second-order valence-corrected chi connectivity index (χ2v) is 4.01. The minimum absolute atomic E-state index is 0.0586. The van der Waals surface area contributed by atoms with Gasteiger partial charge in [0.25, 0.3) is 0 Å². The molecule has 106 valence electrons. The SMILES string of the molecule is CCOC(=O)c1ccnc(Oc2ccccc2C#N)c1N. The van der Waals surface area contributed by atoms with Gasteiger partial charge in [0.05, 0.1) is 17.7 Å². The number of nitrogen functional groups attached to an aromatic ring is 1. The van der Waals surface area contributed by atoms with Crippen LogP contribution in [0.2, 0.25) is 0 Å². The Bertz CT molecular complexity index is 708. The van der Waals surface area contributed by atoms with Gasteiger partial charge in [0.1, 0.15) is 17.5 Å². The molecule has 2 N–H and O–H groups in total. The number of benzene rings is 1. The second-order valence-electron chi connectivity index (χ2n) is 4.01. The summed E-state index contributed by atoms with van der Waals surface area (Å²) in [5.41, 5.74) is 6.48. The number of carbonyl (C=O) groups excluding carboxylic acids is 1. The number of anilines is 1. The largest absolute Gasteiger partial charge is 0.462 e. The highest BCUT2D eigenvalue weighted by Crippen LogP contribution is 2.29. The van der Waals surface area contributed by atoms with Crippen molar-refractivity contribution >= 4 is 11.7 Å². The fraction of sp³-hybridized carbons (Fsp3) is 0.133. The maximum Gasteiger partial charge on any atom is 0.340 e. The lowest BCUT2D eigenvalue weighted by Gasteiger charge is -2.11. The second kappa shape index (κ2) is 6.39. The molecule has 0 saturated carbocycles. The molecule has 0 aliphatic carbocycles. The van der Waals surface area contributed by atoms with Crippen molar-refractivity contribution in [3.05, 3.63) is 47.7 Å². The summed E-state index contributed by atoms with van der Waals surface area (Å²) >= 11 is 0. The van der Waals surface area contributed by atoms with E-state index in [-0.39, 0.29) is 23.7 Å². The first-order valence-electron chi connectivity index (χ1n) is 6.26. The highest BCUT2D eigenvalue weighted by molar-refractivity contribution is 5.96. The lowest BCUT2D eigenvalue weighted by atomic mass is 10.2. The maximum absolute atomic E-state index is 11.8. The van der Waals surface area contributed by atoms with Gasteiger partial charge in [-0.05, 0) is 25.1 Å². The van der Waals surface area contributed by atoms with Crippen LogP contribution in [0.15, 0.2) is 36.5 Å². The van der Waals surface area contributed by atoms with Crippen molar-refractivity contribution in [2.24, 2.45) is 0 Å². The van der Waals surface area contributed by atoms with Crippen LogP contribution in [0.5, 0.6) is 11.6 Å². The average Bonchev–Trinajstić information content (AvgIpc) is 2.50. The summed E-state index contributed by atoms with van der Waals surface area (Å²) < 4.78 is 10.4. The Balaban J connectivity index is 2.36. The van der Waals surface area contributed by atoms with Crippen molar-refractivity contribution in [2.45, 2.75) is 6.92 Å². The standard InChI is InChI=1S/C15H13N3O3/c1-2-20-15(19)11-7-8-18-14(13(11)17)21-12-6-4-3-5-10(12)9-16/h3-8H,2,17H2,1H3. The molecule has 0 fully saturated rings. The van der Waals surface area contributed by atoms with E-state index in [4.69, 9.17) is 20.5 Å². The van der Waals surface area contributed by atoms with Gasteiger partial charge in [-0.1, -0.05) is 12.1 Å². The average molecular weight is 283 g/mol. The smallest absolute Gasteiger partial charge is 0.340 e. The van der Waals surface area contributed by atoms with E-state index in [1.165, 1.54) is 12.3 Å². The molecule has 1 heterocycles. The van der Waals surface area contributed by atoms with Crippen molar-refractivity contribution in [3.8, 4) is 17.7 Å². The van der Waals surface area contributed by atoms with E-state index in [2.05, 4.69) is 4.98 Å². The fourth-order valence-electron chi connectivity index (χ4n) is 1.67. The molecule has 0 spiro atoms. The van der Waals surface area contributed by atoms with Gasteiger partial charge in [-0.2, -0.15) is 5.26 Å². The lowest BCUT2D eigenvalue weighted by molar-refractivity contribution is 0.0527. The number of ether oxygens (including phenoxy) is 2.